The lowest BCUT2D eigenvalue weighted by molar-refractivity contribution is -0.0698. The topological polar surface area (TPSA) is 26.0 Å². The fourth-order valence-corrected chi connectivity index (χ4v) is 0.741. The highest BCUT2D eigenvalue weighted by Gasteiger charge is 2.23. The molecule has 4 heteroatoms. The van der Waals surface area contributed by atoms with Crippen LogP contribution >= 0.6 is 0 Å². The molecule has 0 aliphatic rings. The Morgan fingerprint density at radius 2 is 1.83 bits per heavy atom. The Labute approximate surface area is 70.1 Å². The van der Waals surface area contributed by atoms with Crippen LogP contribution in [0.4, 0.5) is 13.2 Å². The lowest BCUT2D eigenvalue weighted by Gasteiger charge is -2.06. The Balaban J connectivity index is 3.96. The first-order chi connectivity index (χ1) is 5.31. The molecule has 12 heavy (non-hydrogen) atoms. The van der Waals surface area contributed by atoms with Gasteiger partial charge in [0.05, 0.1) is 6.04 Å². The van der Waals surface area contributed by atoms with Gasteiger partial charge in [0.2, 0.25) is 0 Å². The molecule has 0 aromatic heterocycles. The van der Waals surface area contributed by atoms with Crippen molar-refractivity contribution in [1.82, 2.24) is 0 Å². The maximum Gasteiger partial charge on any atom is 0.457 e. The SMILES string of the molecule is CC(C)C[C@H](N)C#CC(F)(F)F. The second-order valence-electron chi connectivity index (χ2n) is 3.00. The minimum absolute atomic E-state index is 0.266. The molecule has 0 unspecified atom stereocenters. The largest absolute Gasteiger partial charge is 0.457 e. The summed E-state index contributed by atoms with van der Waals surface area (Å²) in [7, 11) is 0. The van der Waals surface area contributed by atoms with Crippen LogP contribution in [0, 0.1) is 17.8 Å². The van der Waals surface area contributed by atoms with Gasteiger partial charge in [-0.1, -0.05) is 19.8 Å². The molecule has 0 spiro atoms. The van der Waals surface area contributed by atoms with Crippen LogP contribution in [0.5, 0.6) is 0 Å². The predicted octanol–water partition coefficient (Wildman–Crippen LogP) is 1.93. The van der Waals surface area contributed by atoms with Gasteiger partial charge in [-0.2, -0.15) is 13.2 Å². The van der Waals surface area contributed by atoms with E-state index in [1.165, 1.54) is 0 Å². The normalized spacial score (nSPS) is 13.9. The quantitative estimate of drug-likeness (QED) is 0.644. The van der Waals surface area contributed by atoms with Gasteiger partial charge in [0.25, 0.3) is 0 Å². The van der Waals surface area contributed by atoms with Crippen molar-refractivity contribution in [3.05, 3.63) is 0 Å². The van der Waals surface area contributed by atoms with E-state index in [1.807, 2.05) is 19.8 Å². The zero-order chi connectivity index (χ0) is 9.78. The van der Waals surface area contributed by atoms with Gasteiger partial charge in [-0.05, 0) is 12.3 Å². The van der Waals surface area contributed by atoms with E-state index in [1.54, 1.807) is 0 Å². The molecule has 70 valence electrons. The van der Waals surface area contributed by atoms with E-state index in [2.05, 4.69) is 0 Å². The van der Waals surface area contributed by atoms with Crippen LogP contribution in [0.3, 0.4) is 0 Å². The molecule has 0 aliphatic carbocycles. The van der Waals surface area contributed by atoms with Crippen molar-refractivity contribution in [2.45, 2.75) is 32.5 Å². The molecule has 0 radical (unpaired) electrons. The van der Waals surface area contributed by atoms with Crippen molar-refractivity contribution in [2.24, 2.45) is 11.7 Å². The summed E-state index contributed by atoms with van der Waals surface area (Å²) in [6.07, 6.45) is -3.93. The molecular weight excluding hydrogens is 167 g/mol. The first-order valence-corrected chi connectivity index (χ1v) is 3.66. The average molecular weight is 179 g/mol. The van der Waals surface area contributed by atoms with Gasteiger partial charge in [0.1, 0.15) is 0 Å². The fourth-order valence-electron chi connectivity index (χ4n) is 0.741. The number of hydrogen-bond donors (Lipinski definition) is 1. The lowest BCUT2D eigenvalue weighted by atomic mass is 10.1. The summed E-state index contributed by atoms with van der Waals surface area (Å²) in [6.45, 7) is 3.77. The minimum atomic E-state index is -4.42. The zero-order valence-electron chi connectivity index (χ0n) is 7.07. The first-order valence-electron chi connectivity index (χ1n) is 3.66. The third-order valence-corrected chi connectivity index (χ3v) is 1.12. The van der Waals surface area contributed by atoms with Crippen LogP contribution in [0.25, 0.3) is 0 Å². The molecule has 0 amide bonds. The Hall–Kier alpha value is -0.690. The molecule has 0 bridgehead atoms. The summed E-state index contributed by atoms with van der Waals surface area (Å²) in [4.78, 5) is 0. The van der Waals surface area contributed by atoms with Crippen molar-refractivity contribution >= 4 is 0 Å². The Morgan fingerprint density at radius 1 is 1.33 bits per heavy atom. The first kappa shape index (κ1) is 11.3. The van der Waals surface area contributed by atoms with Crippen molar-refractivity contribution < 1.29 is 13.2 Å². The highest BCUT2D eigenvalue weighted by Crippen LogP contribution is 2.12. The van der Waals surface area contributed by atoms with Crippen molar-refractivity contribution in [3.63, 3.8) is 0 Å². The van der Waals surface area contributed by atoms with Gasteiger partial charge >= 0.3 is 6.18 Å². The Kier molecular flexibility index (Phi) is 4.11. The van der Waals surface area contributed by atoms with Gasteiger partial charge in [-0.3, -0.25) is 0 Å². The molecule has 2 N–H and O–H groups in total. The summed E-state index contributed by atoms with van der Waals surface area (Å²) in [6, 6.07) is -0.674. The van der Waals surface area contributed by atoms with Crippen LogP contribution in [-0.4, -0.2) is 12.2 Å². The monoisotopic (exact) mass is 179 g/mol. The predicted molar refractivity (Wildman–Crippen MR) is 41.3 cm³/mol. The van der Waals surface area contributed by atoms with Gasteiger partial charge < -0.3 is 5.73 Å². The van der Waals surface area contributed by atoms with Crippen molar-refractivity contribution in [1.29, 1.82) is 0 Å². The van der Waals surface area contributed by atoms with E-state index in [-0.39, 0.29) is 5.92 Å². The molecule has 0 fully saturated rings. The fraction of sp³-hybridized carbons (Fsp3) is 0.750. The molecule has 0 aliphatic heterocycles. The summed E-state index contributed by atoms with van der Waals surface area (Å²) in [5.41, 5.74) is 5.31. The van der Waals surface area contributed by atoms with Crippen LogP contribution in [0.1, 0.15) is 20.3 Å². The van der Waals surface area contributed by atoms with Gasteiger partial charge in [0.15, 0.2) is 0 Å². The third kappa shape index (κ3) is 7.42. The van der Waals surface area contributed by atoms with E-state index in [0.29, 0.717) is 6.42 Å². The molecule has 1 nitrogen and oxygen atoms in total. The second kappa shape index (κ2) is 4.36. The number of rotatable bonds is 2. The van der Waals surface area contributed by atoms with E-state index in [4.69, 9.17) is 5.73 Å². The standard InChI is InChI=1S/C8H12F3N/c1-6(2)5-7(12)3-4-8(9,10)11/h6-7H,5,12H2,1-2H3/t7-/m1/s1. The van der Waals surface area contributed by atoms with Gasteiger partial charge in [-0.15, -0.1) is 0 Å². The number of alkyl halides is 3. The highest BCUT2D eigenvalue weighted by molar-refractivity contribution is 5.10. The van der Waals surface area contributed by atoms with Crippen molar-refractivity contribution in [3.8, 4) is 11.8 Å². The smallest absolute Gasteiger partial charge is 0.318 e. The molecule has 0 rings (SSSR count). The number of halogens is 3. The van der Waals surface area contributed by atoms with Gasteiger partial charge in [-0.25, -0.2) is 0 Å². The van der Waals surface area contributed by atoms with Crippen LogP contribution in [0.2, 0.25) is 0 Å². The summed E-state index contributed by atoms with van der Waals surface area (Å²) in [5, 5.41) is 0. The Bertz CT molecular complexity index is 185. The molecule has 0 saturated heterocycles. The Morgan fingerprint density at radius 3 is 2.17 bits per heavy atom. The van der Waals surface area contributed by atoms with E-state index >= 15 is 0 Å². The summed E-state index contributed by atoms with van der Waals surface area (Å²) >= 11 is 0. The summed E-state index contributed by atoms with van der Waals surface area (Å²) < 4.78 is 34.6. The van der Waals surface area contributed by atoms with Crippen LogP contribution in [0.15, 0.2) is 0 Å². The van der Waals surface area contributed by atoms with E-state index in [0.717, 1.165) is 5.92 Å². The number of hydrogen-bond acceptors (Lipinski definition) is 1. The van der Waals surface area contributed by atoms with Crippen LogP contribution in [-0.2, 0) is 0 Å². The lowest BCUT2D eigenvalue weighted by Crippen LogP contribution is -2.20. The summed E-state index contributed by atoms with van der Waals surface area (Å²) in [5.74, 6) is 3.37. The maximum atomic E-state index is 11.5. The molecule has 1 atom stereocenters. The molecular formula is C8H12F3N. The van der Waals surface area contributed by atoms with Crippen molar-refractivity contribution in [2.75, 3.05) is 0 Å². The van der Waals surface area contributed by atoms with Crippen LogP contribution < -0.4 is 5.73 Å². The second-order valence-corrected chi connectivity index (χ2v) is 3.00. The molecule has 0 aromatic carbocycles. The maximum absolute atomic E-state index is 11.5. The molecule has 0 saturated carbocycles. The van der Waals surface area contributed by atoms with E-state index in [9.17, 15) is 13.2 Å². The molecule has 0 heterocycles. The highest BCUT2D eigenvalue weighted by atomic mass is 19.4. The molecule has 0 aromatic rings. The number of nitrogens with two attached hydrogens (primary N) is 1. The van der Waals surface area contributed by atoms with Gasteiger partial charge in [0, 0.05) is 5.92 Å². The third-order valence-electron chi connectivity index (χ3n) is 1.12. The minimum Gasteiger partial charge on any atom is -0.318 e. The van der Waals surface area contributed by atoms with E-state index < -0.39 is 12.2 Å². The average Bonchev–Trinajstić information content (AvgIpc) is 1.80. The zero-order valence-corrected chi connectivity index (χ0v) is 7.07.